The number of halogens is 1. The van der Waals surface area contributed by atoms with Crippen LogP contribution in [0.4, 0.5) is 5.69 Å². The summed E-state index contributed by atoms with van der Waals surface area (Å²) in [6.45, 7) is 1.85. The number of nitrogens with one attached hydrogen (secondary N) is 1. The molecule has 2 aromatic carbocycles. The Bertz CT molecular complexity index is 1260. The van der Waals surface area contributed by atoms with Crippen molar-refractivity contribution in [3.05, 3.63) is 65.2 Å². The van der Waals surface area contributed by atoms with Crippen molar-refractivity contribution < 1.29 is 8.42 Å². The topological polar surface area (TPSA) is 66.1 Å². The van der Waals surface area contributed by atoms with Gasteiger partial charge in [0, 0.05) is 16.5 Å². The zero-order valence-electron chi connectivity index (χ0n) is 14.8. The van der Waals surface area contributed by atoms with Crippen molar-refractivity contribution in [2.24, 2.45) is 0 Å². The first-order chi connectivity index (χ1) is 13.4. The smallest absolute Gasteiger partial charge is 0.273 e. The number of fused-ring (bicyclic) bond motifs is 1. The summed E-state index contributed by atoms with van der Waals surface area (Å²) in [7, 11) is -3.81. The number of para-hydroxylation sites is 1. The van der Waals surface area contributed by atoms with Crippen LogP contribution in [0.3, 0.4) is 0 Å². The molecule has 9 heteroatoms. The molecule has 0 saturated heterocycles. The molecule has 0 unspecified atom stereocenters. The Morgan fingerprint density at radius 1 is 1.21 bits per heavy atom. The second kappa shape index (κ2) is 7.44. The first-order valence-corrected chi connectivity index (χ1v) is 11.5. The first-order valence-electron chi connectivity index (χ1n) is 8.34. The van der Waals surface area contributed by atoms with Gasteiger partial charge in [0.05, 0.1) is 27.7 Å². The van der Waals surface area contributed by atoms with Gasteiger partial charge in [-0.2, -0.15) is 0 Å². The van der Waals surface area contributed by atoms with Gasteiger partial charge in [0.25, 0.3) is 10.0 Å². The molecular formula is C19H16ClN3O2S3. The van der Waals surface area contributed by atoms with Gasteiger partial charge >= 0.3 is 0 Å². The lowest BCUT2D eigenvalue weighted by Gasteiger charge is -2.19. The second-order valence-electron chi connectivity index (χ2n) is 6.25. The molecule has 4 rings (SSSR count). The summed E-state index contributed by atoms with van der Waals surface area (Å²) >= 11 is 11.7. The number of rotatable bonds is 5. The molecule has 0 aliphatic heterocycles. The van der Waals surface area contributed by atoms with E-state index in [4.69, 9.17) is 11.6 Å². The third-order valence-corrected chi connectivity index (χ3v) is 8.11. The number of hydrogen-bond donors (Lipinski definition) is 2. The summed E-state index contributed by atoms with van der Waals surface area (Å²) in [5, 5.41) is 1.67. The number of thiol groups is 1. The molecule has 0 spiro atoms. The Hall–Kier alpha value is -2.00. The molecule has 1 N–H and O–H groups in total. The van der Waals surface area contributed by atoms with Crippen molar-refractivity contribution in [2.75, 3.05) is 3.71 Å². The van der Waals surface area contributed by atoms with Crippen LogP contribution in [0, 0.1) is 6.92 Å². The summed E-state index contributed by atoms with van der Waals surface area (Å²) in [5.41, 5.74) is 2.79. The third kappa shape index (κ3) is 3.41. The molecule has 0 bridgehead atoms. The molecule has 0 amide bonds. The van der Waals surface area contributed by atoms with E-state index < -0.39 is 10.0 Å². The third-order valence-electron chi connectivity index (χ3n) is 4.27. The summed E-state index contributed by atoms with van der Waals surface area (Å²) in [4.78, 5) is 8.83. The highest BCUT2D eigenvalue weighted by Gasteiger charge is 2.25. The van der Waals surface area contributed by atoms with E-state index in [1.807, 2.05) is 25.1 Å². The number of thiazole rings is 1. The molecule has 0 aliphatic carbocycles. The Labute approximate surface area is 177 Å². The predicted molar refractivity (Wildman–Crippen MR) is 119 cm³/mol. The maximum Gasteiger partial charge on any atom is 0.273 e. The van der Waals surface area contributed by atoms with E-state index in [1.54, 1.807) is 36.5 Å². The fraction of sp³-hybridized carbons (Fsp3) is 0.105. The highest BCUT2D eigenvalue weighted by Crippen LogP contribution is 2.35. The number of anilines is 1. The molecule has 0 atom stereocenters. The molecule has 2 aromatic heterocycles. The molecule has 0 saturated carbocycles. The molecule has 5 nitrogen and oxygen atoms in total. The predicted octanol–water partition coefficient (Wildman–Crippen LogP) is 5.38. The maximum atomic E-state index is 13.1. The van der Waals surface area contributed by atoms with Crippen molar-refractivity contribution in [3.8, 4) is 10.7 Å². The molecule has 4 aromatic rings. The van der Waals surface area contributed by atoms with E-state index in [2.05, 4.69) is 22.8 Å². The van der Waals surface area contributed by atoms with Crippen molar-refractivity contribution in [2.45, 2.75) is 17.7 Å². The normalized spacial score (nSPS) is 11.8. The van der Waals surface area contributed by atoms with Crippen LogP contribution < -0.4 is 3.71 Å². The van der Waals surface area contributed by atoms with Crippen LogP contribution in [0.5, 0.6) is 0 Å². The Morgan fingerprint density at radius 2 is 2.00 bits per heavy atom. The average Bonchev–Trinajstić information content (AvgIpc) is 3.33. The molecule has 2 heterocycles. The molecule has 28 heavy (non-hydrogen) atoms. The van der Waals surface area contributed by atoms with E-state index in [9.17, 15) is 8.42 Å². The standard InChI is InChI=1S/C19H16ClN3O2S3/c1-12-4-2-6-15(8-12)28(24,25)23(26)17-7-3-5-13-9-16(22-18(13)17)19-21-11-14(10-20)27-19/h2-9,11,22,26H,10H2,1H3. The van der Waals surface area contributed by atoms with E-state index in [1.165, 1.54) is 11.3 Å². The zero-order chi connectivity index (χ0) is 19.9. The largest absolute Gasteiger partial charge is 0.351 e. The summed E-state index contributed by atoms with van der Waals surface area (Å²) in [6, 6.07) is 14.1. The van der Waals surface area contributed by atoms with Crippen LogP contribution in [0.25, 0.3) is 21.6 Å². The van der Waals surface area contributed by atoms with Crippen LogP contribution in [0.1, 0.15) is 10.4 Å². The van der Waals surface area contributed by atoms with Crippen LogP contribution in [0.2, 0.25) is 0 Å². The lowest BCUT2D eigenvalue weighted by molar-refractivity contribution is 0.598. The lowest BCUT2D eigenvalue weighted by atomic mass is 10.2. The number of aromatic amines is 1. The lowest BCUT2D eigenvalue weighted by Crippen LogP contribution is -2.21. The van der Waals surface area contributed by atoms with Gasteiger partial charge in [0.15, 0.2) is 0 Å². The van der Waals surface area contributed by atoms with Crippen LogP contribution in [-0.4, -0.2) is 18.4 Å². The van der Waals surface area contributed by atoms with Gasteiger partial charge in [-0.25, -0.2) is 17.1 Å². The van der Waals surface area contributed by atoms with Crippen LogP contribution >= 0.6 is 35.8 Å². The highest BCUT2D eigenvalue weighted by molar-refractivity contribution is 8.06. The average molecular weight is 450 g/mol. The van der Waals surface area contributed by atoms with Crippen molar-refractivity contribution >= 4 is 62.4 Å². The van der Waals surface area contributed by atoms with Crippen LogP contribution in [0.15, 0.2) is 59.6 Å². The Kier molecular flexibility index (Phi) is 5.13. The summed E-state index contributed by atoms with van der Waals surface area (Å²) in [6.07, 6.45) is 1.74. The fourth-order valence-corrected chi connectivity index (χ4v) is 5.53. The number of benzene rings is 2. The van der Waals surface area contributed by atoms with Crippen LogP contribution in [-0.2, 0) is 15.9 Å². The van der Waals surface area contributed by atoms with Gasteiger partial charge in [-0.15, -0.1) is 22.9 Å². The van der Waals surface area contributed by atoms with Gasteiger partial charge in [-0.3, -0.25) is 0 Å². The molecule has 0 aliphatic rings. The van der Waals surface area contributed by atoms with Crippen molar-refractivity contribution in [1.82, 2.24) is 9.97 Å². The first kappa shape index (κ1) is 19.3. The fourth-order valence-electron chi connectivity index (χ4n) is 2.91. The Balaban J connectivity index is 1.80. The quantitative estimate of drug-likeness (QED) is 0.317. The van der Waals surface area contributed by atoms with Crippen molar-refractivity contribution in [3.63, 3.8) is 0 Å². The van der Waals surface area contributed by atoms with E-state index in [0.717, 1.165) is 30.2 Å². The SMILES string of the molecule is Cc1cccc(S(=O)(=O)N(S)c2cccc3cc(-c4ncc(CCl)s4)[nH]c23)c1. The number of H-pyrrole nitrogens is 1. The monoisotopic (exact) mass is 449 g/mol. The number of aryl methyl sites for hydroxylation is 1. The van der Waals surface area contributed by atoms with Gasteiger partial charge in [-0.1, -0.05) is 24.3 Å². The number of sulfonamides is 1. The minimum atomic E-state index is -3.81. The van der Waals surface area contributed by atoms with Gasteiger partial charge in [-0.05, 0) is 49.6 Å². The minimum Gasteiger partial charge on any atom is -0.351 e. The zero-order valence-corrected chi connectivity index (χ0v) is 18.0. The second-order valence-corrected chi connectivity index (χ2v) is 10.1. The number of aromatic nitrogens is 2. The molecular weight excluding hydrogens is 434 g/mol. The van der Waals surface area contributed by atoms with E-state index in [-0.39, 0.29) is 4.90 Å². The highest BCUT2D eigenvalue weighted by atomic mass is 35.5. The summed E-state index contributed by atoms with van der Waals surface area (Å²) in [5.74, 6) is 0.405. The minimum absolute atomic E-state index is 0.193. The Morgan fingerprint density at radius 3 is 2.71 bits per heavy atom. The van der Waals surface area contributed by atoms with Gasteiger partial charge in [0.2, 0.25) is 0 Å². The summed E-state index contributed by atoms with van der Waals surface area (Å²) < 4.78 is 27.1. The number of nitrogens with zero attached hydrogens (tertiary/aromatic N) is 2. The van der Waals surface area contributed by atoms with Gasteiger partial charge in [0.1, 0.15) is 5.01 Å². The van der Waals surface area contributed by atoms with Gasteiger partial charge < -0.3 is 4.98 Å². The number of alkyl halides is 1. The molecule has 144 valence electrons. The molecule has 0 fully saturated rings. The van der Waals surface area contributed by atoms with Crippen molar-refractivity contribution in [1.29, 1.82) is 0 Å². The molecule has 0 radical (unpaired) electrons. The van der Waals surface area contributed by atoms with E-state index >= 15 is 0 Å². The number of hydrogen-bond acceptors (Lipinski definition) is 5. The van der Waals surface area contributed by atoms with E-state index in [0.29, 0.717) is 17.1 Å². The maximum absolute atomic E-state index is 13.1.